The van der Waals surface area contributed by atoms with E-state index in [1.54, 1.807) is 24.3 Å². The van der Waals surface area contributed by atoms with Crippen molar-refractivity contribution in [3.8, 4) is 0 Å². The first-order chi connectivity index (χ1) is 13.4. The number of hydrogen-bond acceptors (Lipinski definition) is 7. The van der Waals surface area contributed by atoms with Gasteiger partial charge in [0.25, 0.3) is 11.1 Å². The van der Waals surface area contributed by atoms with Crippen LogP contribution >= 0.6 is 11.8 Å². The highest BCUT2D eigenvalue weighted by Crippen LogP contribution is 2.29. The van der Waals surface area contributed by atoms with E-state index >= 15 is 0 Å². The van der Waals surface area contributed by atoms with Crippen LogP contribution in [-0.4, -0.2) is 45.6 Å². The highest BCUT2D eigenvalue weighted by molar-refractivity contribution is 8.15. The average Bonchev–Trinajstić information content (AvgIpc) is 2.95. The Morgan fingerprint density at radius 3 is 2.50 bits per heavy atom. The third kappa shape index (κ3) is 4.15. The Balaban J connectivity index is 1.70. The molecular weight excluding hydrogens is 384 g/mol. The van der Waals surface area contributed by atoms with Gasteiger partial charge in [0.15, 0.2) is 5.37 Å². The van der Waals surface area contributed by atoms with Crippen LogP contribution in [0.25, 0.3) is 0 Å². The largest absolute Gasteiger partial charge is 0.478 e. The van der Waals surface area contributed by atoms with Crippen molar-refractivity contribution in [2.75, 3.05) is 12.4 Å². The number of thioether (sulfide) groups is 1. The summed E-state index contributed by atoms with van der Waals surface area (Å²) in [6.45, 7) is 0.0334. The number of carboxylic acids is 1. The summed E-state index contributed by atoms with van der Waals surface area (Å²) in [7, 11) is 1.28. The monoisotopic (exact) mass is 400 g/mol. The Kier molecular flexibility index (Phi) is 5.65. The molecule has 144 valence electrons. The number of hydrogen-bond donors (Lipinski definition) is 2. The van der Waals surface area contributed by atoms with E-state index in [4.69, 9.17) is 5.11 Å². The molecule has 0 spiro atoms. The number of carbonyl (C=O) groups is 4. The molecule has 1 saturated heterocycles. The van der Waals surface area contributed by atoms with Crippen molar-refractivity contribution in [2.24, 2.45) is 0 Å². The van der Waals surface area contributed by atoms with E-state index in [9.17, 15) is 19.2 Å². The second kappa shape index (κ2) is 8.13. The van der Waals surface area contributed by atoms with Crippen LogP contribution in [0.4, 0.5) is 10.5 Å². The number of carbonyl (C=O) groups excluding carboxylic acids is 3. The van der Waals surface area contributed by atoms with Gasteiger partial charge in [-0.15, -0.1) is 0 Å². The number of aromatic carboxylic acids is 1. The number of nitrogens with one attached hydrogen (secondary N) is 1. The predicted octanol–water partition coefficient (Wildman–Crippen LogP) is 2.81. The van der Waals surface area contributed by atoms with Gasteiger partial charge in [-0.2, -0.15) is 0 Å². The molecule has 1 unspecified atom stereocenters. The van der Waals surface area contributed by atoms with Crippen molar-refractivity contribution < 1.29 is 29.0 Å². The third-order valence-corrected chi connectivity index (χ3v) is 5.02. The fourth-order valence-corrected chi connectivity index (χ4v) is 3.54. The van der Waals surface area contributed by atoms with E-state index < -0.39 is 28.5 Å². The van der Waals surface area contributed by atoms with Crippen LogP contribution in [-0.2, 0) is 16.1 Å². The summed E-state index contributed by atoms with van der Waals surface area (Å²) in [6.07, 6.45) is 0. The molecule has 2 N–H and O–H groups in total. The van der Waals surface area contributed by atoms with E-state index in [1.807, 2.05) is 0 Å². The van der Waals surface area contributed by atoms with Crippen LogP contribution in [0.15, 0.2) is 48.5 Å². The second-order valence-corrected chi connectivity index (χ2v) is 6.96. The van der Waals surface area contributed by atoms with E-state index in [0.29, 0.717) is 16.8 Å². The molecule has 3 rings (SSSR count). The van der Waals surface area contributed by atoms with Gasteiger partial charge in [-0.3, -0.25) is 14.5 Å². The maximum Gasteiger partial charge on any atom is 0.337 e. The molecule has 2 amide bonds. The maximum absolute atomic E-state index is 12.6. The lowest BCUT2D eigenvalue weighted by atomic mass is 10.1. The van der Waals surface area contributed by atoms with Gasteiger partial charge < -0.3 is 15.2 Å². The number of ether oxygens (including phenoxy) is 1. The zero-order chi connectivity index (χ0) is 20.3. The first-order valence-corrected chi connectivity index (χ1v) is 9.06. The molecule has 28 heavy (non-hydrogen) atoms. The zero-order valence-corrected chi connectivity index (χ0v) is 15.6. The summed E-state index contributed by atoms with van der Waals surface area (Å²) in [5, 5.41) is 10.6. The Labute approximate surface area is 164 Å². The van der Waals surface area contributed by atoms with Crippen LogP contribution in [0, 0.1) is 0 Å². The molecule has 9 heteroatoms. The topological polar surface area (TPSA) is 113 Å². The van der Waals surface area contributed by atoms with Crippen molar-refractivity contribution in [3.05, 3.63) is 65.2 Å². The highest BCUT2D eigenvalue weighted by Gasteiger charge is 2.39. The molecule has 8 nitrogen and oxygen atoms in total. The van der Waals surface area contributed by atoms with E-state index in [1.165, 1.54) is 31.4 Å². The Hall–Kier alpha value is -3.33. The minimum Gasteiger partial charge on any atom is -0.478 e. The predicted molar refractivity (Wildman–Crippen MR) is 102 cm³/mol. The Morgan fingerprint density at radius 1 is 1.14 bits per heavy atom. The molecule has 0 aromatic heterocycles. The van der Waals surface area contributed by atoms with Crippen molar-refractivity contribution >= 4 is 40.5 Å². The minimum absolute atomic E-state index is 0.0334. The minimum atomic E-state index is -1.05. The molecule has 2 aromatic carbocycles. The number of anilines is 1. The number of carboxylic acid groups (broad SMARTS) is 1. The summed E-state index contributed by atoms with van der Waals surface area (Å²) < 4.78 is 4.67. The van der Waals surface area contributed by atoms with Crippen LogP contribution in [0.5, 0.6) is 0 Å². The quantitative estimate of drug-likeness (QED) is 0.712. The van der Waals surface area contributed by atoms with E-state index in [0.717, 1.165) is 16.7 Å². The second-order valence-electron chi connectivity index (χ2n) is 5.91. The lowest BCUT2D eigenvalue weighted by Gasteiger charge is -2.15. The summed E-state index contributed by atoms with van der Waals surface area (Å²) in [5.74, 6) is -1.96. The van der Waals surface area contributed by atoms with E-state index in [-0.39, 0.29) is 12.1 Å². The van der Waals surface area contributed by atoms with Gasteiger partial charge in [0.1, 0.15) is 0 Å². The Bertz CT molecular complexity index is 944. The smallest absolute Gasteiger partial charge is 0.337 e. The number of rotatable bonds is 6. The van der Waals surface area contributed by atoms with Crippen molar-refractivity contribution in [3.63, 3.8) is 0 Å². The lowest BCUT2D eigenvalue weighted by Crippen LogP contribution is -2.34. The molecule has 2 aromatic rings. The Morgan fingerprint density at radius 2 is 1.86 bits per heavy atom. The van der Waals surface area contributed by atoms with Gasteiger partial charge in [-0.25, -0.2) is 9.59 Å². The molecular formula is C19H16N2O6S. The lowest BCUT2D eigenvalue weighted by molar-refractivity contribution is -0.126. The standard InChI is InChI=1S/C19H16N2O6S/c1-27-18(25)13-4-2-3-11(9-13)10-21-16(22)15(28-19(21)26)20-14-7-5-12(6-8-14)17(23)24/h2-9,15,20H,10H2,1H3,(H,23,24). The van der Waals surface area contributed by atoms with Gasteiger partial charge in [0, 0.05) is 5.69 Å². The number of imide groups is 1. The average molecular weight is 400 g/mol. The molecule has 0 bridgehead atoms. The zero-order valence-electron chi connectivity index (χ0n) is 14.7. The first kappa shape index (κ1) is 19.4. The molecule has 1 aliphatic heterocycles. The highest BCUT2D eigenvalue weighted by atomic mass is 32.2. The maximum atomic E-state index is 12.6. The molecule has 1 fully saturated rings. The van der Waals surface area contributed by atoms with Crippen molar-refractivity contribution in [1.82, 2.24) is 4.90 Å². The fourth-order valence-electron chi connectivity index (χ4n) is 2.64. The third-order valence-electron chi connectivity index (χ3n) is 4.05. The number of methoxy groups -OCH3 is 1. The fraction of sp³-hybridized carbons (Fsp3) is 0.158. The van der Waals surface area contributed by atoms with Crippen LogP contribution in [0.3, 0.4) is 0 Å². The normalized spacial score (nSPS) is 16.2. The van der Waals surface area contributed by atoms with Gasteiger partial charge in [0.2, 0.25) is 0 Å². The number of esters is 1. The van der Waals surface area contributed by atoms with Gasteiger partial charge >= 0.3 is 11.9 Å². The summed E-state index contributed by atoms with van der Waals surface area (Å²) >= 11 is 0.840. The van der Waals surface area contributed by atoms with Gasteiger partial charge in [-0.1, -0.05) is 12.1 Å². The summed E-state index contributed by atoms with van der Waals surface area (Å²) in [4.78, 5) is 48.5. The molecule has 1 heterocycles. The number of benzene rings is 2. The summed E-state index contributed by atoms with van der Waals surface area (Å²) in [6, 6.07) is 12.4. The first-order valence-electron chi connectivity index (χ1n) is 8.18. The SMILES string of the molecule is COC(=O)c1cccc(CN2C(=O)SC(Nc3ccc(C(=O)O)cc3)C2=O)c1. The number of amides is 2. The summed E-state index contributed by atoms with van der Waals surface area (Å²) in [5.41, 5.74) is 1.61. The molecule has 0 radical (unpaired) electrons. The van der Waals surface area contributed by atoms with E-state index in [2.05, 4.69) is 10.1 Å². The van der Waals surface area contributed by atoms with Crippen LogP contribution in [0.2, 0.25) is 0 Å². The van der Waals surface area contributed by atoms with Crippen molar-refractivity contribution in [1.29, 1.82) is 0 Å². The van der Waals surface area contributed by atoms with Crippen molar-refractivity contribution in [2.45, 2.75) is 11.9 Å². The molecule has 1 atom stereocenters. The van der Waals surface area contributed by atoms with Crippen LogP contribution in [0.1, 0.15) is 26.3 Å². The van der Waals surface area contributed by atoms with Crippen LogP contribution < -0.4 is 5.32 Å². The molecule has 1 aliphatic rings. The van der Waals surface area contributed by atoms with Gasteiger partial charge in [0.05, 0.1) is 24.8 Å². The molecule has 0 saturated carbocycles. The van der Waals surface area contributed by atoms with Gasteiger partial charge in [-0.05, 0) is 53.7 Å². The number of nitrogens with zero attached hydrogens (tertiary/aromatic N) is 1. The molecule has 0 aliphatic carbocycles.